The lowest BCUT2D eigenvalue weighted by Gasteiger charge is -2.15. The summed E-state index contributed by atoms with van der Waals surface area (Å²) in [6, 6.07) is 12.5. The van der Waals surface area contributed by atoms with E-state index in [0.29, 0.717) is 12.1 Å². The number of nitrogens with zero attached hydrogens (tertiary/aromatic N) is 2. The van der Waals surface area contributed by atoms with Crippen LogP contribution in [0, 0.1) is 12.7 Å². The Labute approximate surface area is 116 Å². The van der Waals surface area contributed by atoms with Gasteiger partial charge in [-0.3, -0.25) is 0 Å². The highest BCUT2D eigenvalue weighted by Crippen LogP contribution is 2.20. The third-order valence-electron chi connectivity index (χ3n) is 3.47. The molecule has 0 spiro atoms. The molecule has 3 aromatic rings. The van der Waals surface area contributed by atoms with Gasteiger partial charge in [0.2, 0.25) is 0 Å². The molecule has 1 heterocycles. The summed E-state index contributed by atoms with van der Waals surface area (Å²) in [6.45, 7) is 2.43. The highest BCUT2D eigenvalue weighted by molar-refractivity contribution is 5.74. The van der Waals surface area contributed by atoms with Gasteiger partial charge in [-0.25, -0.2) is 9.37 Å². The van der Waals surface area contributed by atoms with Crippen LogP contribution in [0.25, 0.3) is 11.0 Å². The van der Waals surface area contributed by atoms with Crippen LogP contribution in [0.5, 0.6) is 0 Å². The number of nitrogens with two attached hydrogens (primary N) is 1. The number of hydrogen-bond acceptors (Lipinski definition) is 2. The maximum absolute atomic E-state index is 13.9. The van der Waals surface area contributed by atoms with Crippen LogP contribution in [-0.4, -0.2) is 9.55 Å². The highest BCUT2D eigenvalue weighted by Gasteiger charge is 2.13. The molecule has 4 heteroatoms. The normalized spacial score (nSPS) is 12.8. The second-order valence-corrected chi connectivity index (χ2v) is 5.02. The number of benzene rings is 2. The largest absolute Gasteiger partial charge is 0.329 e. The SMILES string of the molecule is Cc1ccc(F)c(C(N)Cn2cnc3ccccc32)c1. The zero-order valence-electron chi connectivity index (χ0n) is 11.3. The van der Waals surface area contributed by atoms with Gasteiger partial charge < -0.3 is 10.3 Å². The minimum Gasteiger partial charge on any atom is -0.329 e. The van der Waals surface area contributed by atoms with Crippen molar-refractivity contribution in [2.24, 2.45) is 5.73 Å². The van der Waals surface area contributed by atoms with Gasteiger partial charge in [0.25, 0.3) is 0 Å². The van der Waals surface area contributed by atoms with Crippen LogP contribution in [0.1, 0.15) is 17.2 Å². The van der Waals surface area contributed by atoms with Crippen LogP contribution >= 0.6 is 0 Å². The van der Waals surface area contributed by atoms with Gasteiger partial charge in [0.1, 0.15) is 5.82 Å². The Kier molecular flexibility index (Phi) is 3.24. The predicted molar refractivity (Wildman–Crippen MR) is 77.8 cm³/mol. The van der Waals surface area contributed by atoms with Gasteiger partial charge in [-0.15, -0.1) is 0 Å². The average Bonchev–Trinajstić information content (AvgIpc) is 2.85. The molecule has 3 rings (SSSR count). The third-order valence-corrected chi connectivity index (χ3v) is 3.47. The fraction of sp³-hybridized carbons (Fsp3) is 0.188. The van der Waals surface area contributed by atoms with Gasteiger partial charge in [0.05, 0.1) is 23.4 Å². The molecule has 20 heavy (non-hydrogen) atoms. The molecule has 0 bridgehead atoms. The van der Waals surface area contributed by atoms with E-state index < -0.39 is 6.04 Å². The molecule has 1 unspecified atom stereocenters. The van der Waals surface area contributed by atoms with E-state index in [-0.39, 0.29) is 5.82 Å². The first-order valence-electron chi connectivity index (χ1n) is 6.56. The fourth-order valence-electron chi connectivity index (χ4n) is 2.41. The number of para-hydroxylation sites is 2. The second-order valence-electron chi connectivity index (χ2n) is 5.02. The standard InChI is InChI=1S/C16H16FN3/c1-11-6-7-13(17)12(8-11)14(18)9-20-10-19-15-4-2-3-5-16(15)20/h2-8,10,14H,9,18H2,1H3. The summed E-state index contributed by atoms with van der Waals surface area (Å²) in [7, 11) is 0. The van der Waals surface area contributed by atoms with Crippen LogP contribution in [0.4, 0.5) is 4.39 Å². The summed E-state index contributed by atoms with van der Waals surface area (Å²) >= 11 is 0. The number of aryl methyl sites for hydroxylation is 1. The summed E-state index contributed by atoms with van der Waals surface area (Å²) in [5, 5.41) is 0. The van der Waals surface area contributed by atoms with Crippen LogP contribution in [0.15, 0.2) is 48.8 Å². The van der Waals surface area contributed by atoms with E-state index in [1.165, 1.54) is 6.07 Å². The van der Waals surface area contributed by atoms with E-state index in [4.69, 9.17) is 5.73 Å². The molecule has 0 amide bonds. The molecule has 1 atom stereocenters. The Hall–Kier alpha value is -2.20. The lowest BCUT2D eigenvalue weighted by Crippen LogP contribution is -2.18. The Bertz CT molecular complexity index is 748. The van der Waals surface area contributed by atoms with E-state index in [1.54, 1.807) is 18.5 Å². The molecular formula is C16H16FN3. The lowest BCUT2D eigenvalue weighted by molar-refractivity contribution is 0.537. The van der Waals surface area contributed by atoms with Crippen molar-refractivity contribution in [2.75, 3.05) is 0 Å². The third kappa shape index (κ3) is 2.30. The smallest absolute Gasteiger partial charge is 0.128 e. The molecule has 0 fully saturated rings. The Morgan fingerprint density at radius 2 is 2.05 bits per heavy atom. The van der Waals surface area contributed by atoms with Gasteiger partial charge in [-0.1, -0.05) is 29.8 Å². The van der Waals surface area contributed by atoms with E-state index in [2.05, 4.69) is 4.98 Å². The van der Waals surface area contributed by atoms with Crippen LogP contribution in [0.3, 0.4) is 0 Å². The fourth-order valence-corrected chi connectivity index (χ4v) is 2.41. The van der Waals surface area contributed by atoms with Gasteiger partial charge in [-0.05, 0) is 25.1 Å². The molecule has 2 aromatic carbocycles. The quantitative estimate of drug-likeness (QED) is 0.793. The number of hydrogen-bond donors (Lipinski definition) is 1. The van der Waals surface area contributed by atoms with Crippen molar-refractivity contribution in [3.8, 4) is 0 Å². The van der Waals surface area contributed by atoms with E-state index in [0.717, 1.165) is 16.6 Å². The Morgan fingerprint density at radius 3 is 2.90 bits per heavy atom. The molecule has 1 aromatic heterocycles. The lowest BCUT2D eigenvalue weighted by atomic mass is 10.0. The summed E-state index contributed by atoms with van der Waals surface area (Å²) < 4.78 is 15.8. The number of fused-ring (bicyclic) bond motifs is 1. The zero-order chi connectivity index (χ0) is 14.1. The first-order chi connectivity index (χ1) is 9.65. The first-order valence-corrected chi connectivity index (χ1v) is 6.56. The van der Waals surface area contributed by atoms with Crippen molar-refractivity contribution >= 4 is 11.0 Å². The topological polar surface area (TPSA) is 43.8 Å². The van der Waals surface area contributed by atoms with Gasteiger partial charge in [-0.2, -0.15) is 0 Å². The molecule has 0 aliphatic rings. The highest BCUT2D eigenvalue weighted by atomic mass is 19.1. The average molecular weight is 269 g/mol. The van der Waals surface area contributed by atoms with E-state index >= 15 is 0 Å². The molecule has 0 saturated carbocycles. The summed E-state index contributed by atoms with van der Waals surface area (Å²) in [4.78, 5) is 4.32. The second kappa shape index (κ2) is 5.06. The van der Waals surface area contributed by atoms with Gasteiger partial charge in [0.15, 0.2) is 0 Å². The minimum atomic E-state index is -0.396. The number of aromatic nitrogens is 2. The number of imidazole rings is 1. The summed E-state index contributed by atoms with van der Waals surface area (Å²) in [6.07, 6.45) is 1.75. The molecule has 0 saturated heterocycles. The molecule has 0 radical (unpaired) electrons. The first kappa shape index (κ1) is 12.8. The maximum atomic E-state index is 13.9. The molecule has 3 nitrogen and oxygen atoms in total. The minimum absolute atomic E-state index is 0.257. The Balaban J connectivity index is 1.92. The molecule has 0 aliphatic carbocycles. The predicted octanol–water partition coefficient (Wildman–Crippen LogP) is 3.18. The maximum Gasteiger partial charge on any atom is 0.128 e. The molecular weight excluding hydrogens is 253 g/mol. The van der Waals surface area contributed by atoms with Gasteiger partial charge >= 0.3 is 0 Å². The molecule has 0 aliphatic heterocycles. The van der Waals surface area contributed by atoms with Crippen molar-refractivity contribution < 1.29 is 4.39 Å². The summed E-state index contributed by atoms with van der Waals surface area (Å²) in [5.41, 5.74) is 9.64. The molecule has 2 N–H and O–H groups in total. The van der Waals surface area contributed by atoms with E-state index in [1.807, 2.05) is 35.8 Å². The van der Waals surface area contributed by atoms with E-state index in [9.17, 15) is 4.39 Å². The van der Waals surface area contributed by atoms with Crippen LogP contribution in [-0.2, 0) is 6.54 Å². The van der Waals surface area contributed by atoms with Crippen LogP contribution in [0.2, 0.25) is 0 Å². The van der Waals surface area contributed by atoms with Crippen molar-refractivity contribution in [3.63, 3.8) is 0 Å². The van der Waals surface area contributed by atoms with Crippen molar-refractivity contribution in [1.29, 1.82) is 0 Å². The van der Waals surface area contributed by atoms with Crippen molar-refractivity contribution in [2.45, 2.75) is 19.5 Å². The number of halogens is 1. The molecule has 102 valence electrons. The summed E-state index contributed by atoms with van der Waals surface area (Å²) in [5.74, 6) is -0.257. The number of rotatable bonds is 3. The zero-order valence-corrected chi connectivity index (χ0v) is 11.3. The van der Waals surface area contributed by atoms with Crippen molar-refractivity contribution in [1.82, 2.24) is 9.55 Å². The van der Waals surface area contributed by atoms with Crippen molar-refractivity contribution in [3.05, 3.63) is 65.7 Å². The van der Waals surface area contributed by atoms with Crippen LogP contribution < -0.4 is 5.73 Å². The van der Waals surface area contributed by atoms with Gasteiger partial charge in [0, 0.05) is 12.1 Å². The Morgan fingerprint density at radius 1 is 1.25 bits per heavy atom. The monoisotopic (exact) mass is 269 g/mol.